The van der Waals surface area contributed by atoms with Gasteiger partial charge in [0.25, 0.3) is 0 Å². The third kappa shape index (κ3) is 5.99. The van der Waals surface area contributed by atoms with E-state index in [1.807, 2.05) is 36.4 Å². The topological polar surface area (TPSA) is 55.1 Å². The average Bonchev–Trinajstić information content (AvgIpc) is 2.56. The molecule has 0 bridgehead atoms. The van der Waals surface area contributed by atoms with Gasteiger partial charge in [0.05, 0.1) is 6.04 Å². The average molecular weight is 347 g/mol. The van der Waals surface area contributed by atoms with Crippen LogP contribution in [0.1, 0.15) is 37.3 Å². The van der Waals surface area contributed by atoms with Crippen LogP contribution in [-0.4, -0.2) is 18.5 Å². The summed E-state index contributed by atoms with van der Waals surface area (Å²) in [5.74, 6) is 0.470. The predicted octanol–water partition coefficient (Wildman–Crippen LogP) is 3.73. The molecule has 1 amide bonds. The first-order valence-corrected chi connectivity index (χ1v) is 8.21. The molecule has 4 heteroatoms. The van der Waals surface area contributed by atoms with E-state index < -0.39 is 6.04 Å². The molecule has 0 saturated carbocycles. The maximum atomic E-state index is 12.2. The number of carbonyl (C=O) groups is 1. The number of hydrogen-bond acceptors (Lipinski definition) is 2. The van der Waals surface area contributed by atoms with Crippen molar-refractivity contribution in [3.05, 3.63) is 71.8 Å². The number of benzene rings is 2. The van der Waals surface area contributed by atoms with Gasteiger partial charge in [0.2, 0.25) is 5.91 Å². The fourth-order valence-electron chi connectivity index (χ4n) is 2.75. The van der Waals surface area contributed by atoms with Gasteiger partial charge in [-0.3, -0.25) is 4.79 Å². The second-order valence-corrected chi connectivity index (χ2v) is 6.36. The highest BCUT2D eigenvalue weighted by atomic mass is 35.5. The van der Waals surface area contributed by atoms with E-state index in [0.717, 1.165) is 0 Å². The van der Waals surface area contributed by atoms with Crippen LogP contribution in [0.5, 0.6) is 0 Å². The van der Waals surface area contributed by atoms with Crippen LogP contribution in [0.15, 0.2) is 60.7 Å². The number of rotatable bonds is 7. The molecule has 2 aromatic rings. The van der Waals surface area contributed by atoms with Crippen molar-refractivity contribution in [1.29, 1.82) is 0 Å². The van der Waals surface area contributed by atoms with Crippen molar-refractivity contribution in [1.82, 2.24) is 5.32 Å². The normalized spacial score (nSPS) is 11.9. The van der Waals surface area contributed by atoms with E-state index in [-0.39, 0.29) is 24.2 Å². The number of halogens is 1. The molecule has 0 aliphatic carbocycles. The number of nitrogens with one attached hydrogen (secondary N) is 1. The Hall–Kier alpha value is -1.84. The van der Waals surface area contributed by atoms with Gasteiger partial charge in [-0.1, -0.05) is 74.5 Å². The number of hydrogen-bond donors (Lipinski definition) is 2. The monoisotopic (exact) mass is 346 g/mol. The third-order valence-corrected chi connectivity index (χ3v) is 3.95. The number of nitrogens with two attached hydrogens (primary N) is 1. The van der Waals surface area contributed by atoms with Gasteiger partial charge in [0.1, 0.15) is 0 Å². The fourth-order valence-corrected chi connectivity index (χ4v) is 2.75. The molecule has 0 aromatic heterocycles. The summed E-state index contributed by atoms with van der Waals surface area (Å²) in [7, 11) is 0. The number of carbonyl (C=O) groups excluding carboxylic acids is 1. The molecule has 0 heterocycles. The predicted molar refractivity (Wildman–Crippen MR) is 102 cm³/mol. The molecular weight excluding hydrogens is 320 g/mol. The van der Waals surface area contributed by atoms with Gasteiger partial charge in [-0.25, -0.2) is 0 Å². The van der Waals surface area contributed by atoms with Gasteiger partial charge in [-0.05, 0) is 23.5 Å². The summed E-state index contributed by atoms with van der Waals surface area (Å²) in [5.41, 5.74) is 8.35. The lowest BCUT2D eigenvalue weighted by molar-refractivity contribution is -0.122. The van der Waals surface area contributed by atoms with E-state index in [1.165, 1.54) is 11.1 Å². The van der Waals surface area contributed by atoms with Gasteiger partial charge in [0, 0.05) is 12.5 Å². The summed E-state index contributed by atoms with van der Waals surface area (Å²) in [6.07, 6.45) is 0.702. The molecule has 2 aromatic carbocycles. The second-order valence-electron chi connectivity index (χ2n) is 6.36. The maximum Gasteiger partial charge on any atom is 0.236 e. The Kier molecular flexibility index (Phi) is 8.51. The van der Waals surface area contributed by atoms with Crippen LogP contribution in [-0.2, 0) is 4.79 Å². The summed E-state index contributed by atoms with van der Waals surface area (Å²) in [5, 5.41) is 3.02. The quantitative estimate of drug-likeness (QED) is 0.802. The van der Waals surface area contributed by atoms with Crippen LogP contribution in [0.3, 0.4) is 0 Å². The lowest BCUT2D eigenvalue weighted by Crippen LogP contribution is -2.42. The van der Waals surface area contributed by atoms with Crippen LogP contribution in [0.2, 0.25) is 0 Å². The standard InChI is InChI=1S/C20H26N2O.ClH/c1-15(2)13-19(21)20(23)22-14-18(16-9-5-3-6-10-16)17-11-7-4-8-12-17;/h3-12,15,18-19H,13-14,21H2,1-2H3,(H,22,23);1H/t19-;/m0./s1. The Morgan fingerprint density at radius 2 is 1.42 bits per heavy atom. The zero-order chi connectivity index (χ0) is 16.7. The summed E-state index contributed by atoms with van der Waals surface area (Å²) >= 11 is 0. The maximum absolute atomic E-state index is 12.2. The highest BCUT2D eigenvalue weighted by Crippen LogP contribution is 2.23. The van der Waals surface area contributed by atoms with Crippen molar-refractivity contribution >= 4 is 18.3 Å². The van der Waals surface area contributed by atoms with Gasteiger partial charge < -0.3 is 11.1 Å². The lowest BCUT2D eigenvalue weighted by Gasteiger charge is -2.21. The first-order chi connectivity index (χ1) is 11.1. The molecule has 130 valence electrons. The molecule has 0 unspecified atom stereocenters. The van der Waals surface area contributed by atoms with E-state index in [9.17, 15) is 4.79 Å². The SMILES string of the molecule is CC(C)C[C@H](N)C(=O)NCC(c1ccccc1)c1ccccc1.Cl. The van der Waals surface area contributed by atoms with E-state index in [0.29, 0.717) is 18.9 Å². The van der Waals surface area contributed by atoms with Crippen LogP contribution in [0.25, 0.3) is 0 Å². The lowest BCUT2D eigenvalue weighted by atomic mass is 9.91. The Morgan fingerprint density at radius 1 is 0.958 bits per heavy atom. The smallest absolute Gasteiger partial charge is 0.236 e. The van der Waals surface area contributed by atoms with Crippen molar-refractivity contribution in [3.8, 4) is 0 Å². The van der Waals surface area contributed by atoms with E-state index in [2.05, 4.69) is 43.4 Å². The summed E-state index contributed by atoms with van der Waals surface area (Å²) in [6, 6.07) is 20.0. The largest absolute Gasteiger partial charge is 0.354 e. The molecule has 0 spiro atoms. The molecule has 1 atom stereocenters. The molecule has 3 N–H and O–H groups in total. The van der Waals surface area contributed by atoms with Gasteiger partial charge in [-0.2, -0.15) is 0 Å². The summed E-state index contributed by atoms with van der Waals surface area (Å²) in [4.78, 5) is 12.2. The van der Waals surface area contributed by atoms with Crippen molar-refractivity contribution in [3.63, 3.8) is 0 Å². The van der Waals surface area contributed by atoms with E-state index >= 15 is 0 Å². The van der Waals surface area contributed by atoms with Crippen molar-refractivity contribution < 1.29 is 4.79 Å². The molecular formula is C20H27ClN2O. The first kappa shape index (κ1) is 20.2. The Labute approximate surface area is 151 Å². The minimum Gasteiger partial charge on any atom is -0.354 e. The summed E-state index contributed by atoms with van der Waals surface area (Å²) < 4.78 is 0. The highest BCUT2D eigenvalue weighted by molar-refractivity contribution is 5.85. The summed E-state index contributed by atoms with van der Waals surface area (Å²) in [6.45, 7) is 4.70. The highest BCUT2D eigenvalue weighted by Gasteiger charge is 2.18. The van der Waals surface area contributed by atoms with Gasteiger partial charge in [0.15, 0.2) is 0 Å². The minimum absolute atomic E-state index is 0. The molecule has 3 nitrogen and oxygen atoms in total. The molecule has 0 aliphatic heterocycles. The Balaban J connectivity index is 0.00000288. The minimum atomic E-state index is -0.442. The van der Waals surface area contributed by atoms with Crippen molar-refractivity contribution in [2.75, 3.05) is 6.54 Å². The number of amides is 1. The zero-order valence-corrected chi connectivity index (χ0v) is 15.1. The second kappa shape index (κ2) is 10.1. The third-order valence-electron chi connectivity index (χ3n) is 3.95. The van der Waals surface area contributed by atoms with Crippen molar-refractivity contribution in [2.24, 2.45) is 11.7 Å². The Bertz CT molecular complexity index is 562. The molecule has 0 aliphatic rings. The molecule has 24 heavy (non-hydrogen) atoms. The van der Waals surface area contributed by atoms with E-state index in [4.69, 9.17) is 5.73 Å². The van der Waals surface area contributed by atoms with E-state index in [1.54, 1.807) is 0 Å². The van der Waals surface area contributed by atoms with Gasteiger partial charge in [-0.15, -0.1) is 12.4 Å². The van der Waals surface area contributed by atoms with Crippen LogP contribution in [0.4, 0.5) is 0 Å². The Morgan fingerprint density at radius 3 is 1.83 bits per heavy atom. The van der Waals surface area contributed by atoms with Crippen LogP contribution < -0.4 is 11.1 Å². The van der Waals surface area contributed by atoms with Crippen LogP contribution >= 0.6 is 12.4 Å². The molecule has 0 radical (unpaired) electrons. The molecule has 0 fully saturated rings. The van der Waals surface area contributed by atoms with Crippen molar-refractivity contribution in [2.45, 2.75) is 32.2 Å². The molecule has 2 rings (SSSR count). The fraction of sp³-hybridized carbons (Fsp3) is 0.350. The zero-order valence-electron chi connectivity index (χ0n) is 14.3. The first-order valence-electron chi connectivity index (χ1n) is 8.21. The van der Waals surface area contributed by atoms with Crippen LogP contribution in [0, 0.1) is 5.92 Å². The van der Waals surface area contributed by atoms with Gasteiger partial charge >= 0.3 is 0 Å². The molecule has 0 saturated heterocycles.